The average Bonchev–Trinajstić information content (AvgIpc) is 2.82. The van der Waals surface area contributed by atoms with Gasteiger partial charge in [0.15, 0.2) is 0 Å². The number of hydrogen-bond donors (Lipinski definition) is 2. The number of primary amides is 1. The largest absolute Gasteiger partial charge is 0.370 e. The molecule has 0 bridgehead atoms. The van der Waals surface area contributed by atoms with Gasteiger partial charge in [0.25, 0.3) is 0 Å². The highest BCUT2D eigenvalue weighted by Gasteiger charge is 2.18. The van der Waals surface area contributed by atoms with Crippen molar-refractivity contribution in [3.63, 3.8) is 0 Å². The van der Waals surface area contributed by atoms with Gasteiger partial charge >= 0.3 is 0 Å². The molecule has 0 saturated carbocycles. The summed E-state index contributed by atoms with van der Waals surface area (Å²) in [7, 11) is 0. The molecule has 0 radical (unpaired) electrons. The molecular formula is C17H16N2O2. The van der Waals surface area contributed by atoms with Crippen LogP contribution in [0.3, 0.4) is 0 Å². The number of rotatable bonds is 4. The molecule has 0 unspecified atom stereocenters. The van der Waals surface area contributed by atoms with Gasteiger partial charge < -0.3 is 11.1 Å². The maximum atomic E-state index is 11.7. The van der Waals surface area contributed by atoms with Crippen LogP contribution in [0.25, 0.3) is 11.1 Å². The molecule has 0 aromatic heterocycles. The molecule has 0 spiro atoms. The maximum Gasteiger partial charge on any atom is 0.224 e. The Morgan fingerprint density at radius 3 is 2.57 bits per heavy atom. The van der Waals surface area contributed by atoms with Crippen molar-refractivity contribution in [2.24, 2.45) is 5.73 Å². The lowest BCUT2D eigenvalue weighted by Gasteiger charge is -2.07. The molecule has 4 nitrogen and oxygen atoms in total. The third-order valence-electron chi connectivity index (χ3n) is 3.68. The molecule has 106 valence electrons. The summed E-state index contributed by atoms with van der Waals surface area (Å²) in [6, 6.07) is 14.2. The van der Waals surface area contributed by atoms with Gasteiger partial charge in [0, 0.05) is 18.5 Å². The predicted octanol–water partition coefficient (Wildman–Crippen LogP) is 2.46. The summed E-state index contributed by atoms with van der Waals surface area (Å²) in [5, 5.41) is 2.81. The van der Waals surface area contributed by atoms with Gasteiger partial charge in [-0.2, -0.15) is 0 Å². The van der Waals surface area contributed by atoms with Crippen molar-refractivity contribution in [3.05, 3.63) is 53.6 Å². The van der Waals surface area contributed by atoms with Crippen molar-refractivity contribution in [2.45, 2.75) is 19.3 Å². The zero-order chi connectivity index (χ0) is 14.8. The van der Waals surface area contributed by atoms with Crippen molar-refractivity contribution in [1.29, 1.82) is 0 Å². The third kappa shape index (κ3) is 2.79. The second-order valence-corrected chi connectivity index (χ2v) is 5.22. The van der Waals surface area contributed by atoms with E-state index in [2.05, 4.69) is 17.4 Å². The smallest absolute Gasteiger partial charge is 0.224 e. The van der Waals surface area contributed by atoms with Gasteiger partial charge in [-0.3, -0.25) is 9.59 Å². The summed E-state index contributed by atoms with van der Waals surface area (Å²) in [5.41, 5.74) is 10.8. The molecule has 0 heterocycles. The van der Waals surface area contributed by atoms with Crippen molar-refractivity contribution in [3.8, 4) is 11.1 Å². The molecule has 2 aromatic carbocycles. The standard InChI is InChI=1S/C17H16N2O2/c18-16(20)7-8-17(21)19-13-5-6-15-12(10-13)9-11-3-1-2-4-14(11)15/h1-6,10H,7-9H2,(H2,18,20)(H,19,21). The lowest BCUT2D eigenvalue weighted by atomic mass is 10.1. The van der Waals surface area contributed by atoms with Crippen LogP contribution in [0.15, 0.2) is 42.5 Å². The molecule has 0 aliphatic heterocycles. The van der Waals surface area contributed by atoms with Crippen LogP contribution in [-0.4, -0.2) is 11.8 Å². The Morgan fingerprint density at radius 2 is 1.76 bits per heavy atom. The van der Waals surface area contributed by atoms with Crippen molar-refractivity contribution in [1.82, 2.24) is 0 Å². The molecule has 4 heteroatoms. The molecule has 0 atom stereocenters. The number of carbonyl (C=O) groups excluding carboxylic acids is 2. The molecule has 3 N–H and O–H groups in total. The first-order valence-electron chi connectivity index (χ1n) is 6.93. The third-order valence-corrected chi connectivity index (χ3v) is 3.68. The number of nitrogens with one attached hydrogen (secondary N) is 1. The molecule has 1 aliphatic rings. The normalized spacial score (nSPS) is 11.6. The minimum Gasteiger partial charge on any atom is -0.370 e. The SMILES string of the molecule is NC(=O)CCC(=O)Nc1ccc2c(c1)Cc1ccccc1-2. The van der Waals surface area contributed by atoms with Crippen molar-refractivity contribution < 1.29 is 9.59 Å². The number of fused-ring (bicyclic) bond motifs is 3. The van der Waals surface area contributed by atoms with Gasteiger partial charge in [-0.25, -0.2) is 0 Å². The van der Waals surface area contributed by atoms with E-state index >= 15 is 0 Å². The topological polar surface area (TPSA) is 72.2 Å². The summed E-state index contributed by atoms with van der Waals surface area (Å²) in [4.78, 5) is 22.4. The van der Waals surface area contributed by atoms with Gasteiger partial charge in [-0.05, 0) is 40.8 Å². The second-order valence-electron chi connectivity index (χ2n) is 5.22. The van der Waals surface area contributed by atoms with Crippen LogP contribution < -0.4 is 11.1 Å². The fraction of sp³-hybridized carbons (Fsp3) is 0.176. The van der Waals surface area contributed by atoms with E-state index in [1.165, 1.54) is 22.3 Å². The Balaban J connectivity index is 1.75. The van der Waals surface area contributed by atoms with E-state index in [0.717, 1.165) is 12.1 Å². The Bertz CT molecular complexity index is 722. The Labute approximate surface area is 123 Å². The lowest BCUT2D eigenvalue weighted by molar-refractivity contribution is -0.122. The zero-order valence-electron chi connectivity index (χ0n) is 11.6. The molecular weight excluding hydrogens is 264 g/mol. The number of anilines is 1. The van der Waals surface area contributed by atoms with Gasteiger partial charge in [-0.15, -0.1) is 0 Å². The van der Waals surface area contributed by atoms with Crippen LogP contribution in [0.4, 0.5) is 5.69 Å². The van der Waals surface area contributed by atoms with E-state index in [0.29, 0.717) is 0 Å². The summed E-state index contributed by atoms with van der Waals surface area (Å²) >= 11 is 0. The fourth-order valence-corrected chi connectivity index (χ4v) is 2.68. The van der Waals surface area contributed by atoms with Gasteiger partial charge in [0.2, 0.25) is 11.8 Å². The predicted molar refractivity (Wildman–Crippen MR) is 81.7 cm³/mol. The van der Waals surface area contributed by atoms with E-state index in [1.54, 1.807) is 0 Å². The van der Waals surface area contributed by atoms with Crippen LogP contribution in [0.1, 0.15) is 24.0 Å². The first kappa shape index (κ1) is 13.4. The monoisotopic (exact) mass is 280 g/mol. The minimum absolute atomic E-state index is 0.0716. The van der Waals surface area contributed by atoms with Crippen LogP contribution in [0.5, 0.6) is 0 Å². The number of carbonyl (C=O) groups is 2. The quantitative estimate of drug-likeness (QED) is 0.770. The van der Waals surface area contributed by atoms with E-state index < -0.39 is 5.91 Å². The molecule has 2 amide bonds. The Morgan fingerprint density at radius 1 is 1.00 bits per heavy atom. The molecule has 1 aliphatic carbocycles. The van der Waals surface area contributed by atoms with Crippen LogP contribution in [0.2, 0.25) is 0 Å². The number of nitrogens with two attached hydrogens (primary N) is 1. The summed E-state index contributed by atoms with van der Waals surface area (Å²) < 4.78 is 0. The minimum atomic E-state index is -0.463. The lowest BCUT2D eigenvalue weighted by Crippen LogP contribution is -2.17. The fourth-order valence-electron chi connectivity index (χ4n) is 2.68. The zero-order valence-corrected chi connectivity index (χ0v) is 11.6. The maximum absolute atomic E-state index is 11.7. The van der Waals surface area contributed by atoms with Gasteiger partial charge in [-0.1, -0.05) is 30.3 Å². The van der Waals surface area contributed by atoms with Crippen LogP contribution in [-0.2, 0) is 16.0 Å². The summed E-state index contributed by atoms with van der Waals surface area (Å²) in [5.74, 6) is -0.654. The molecule has 2 aromatic rings. The van der Waals surface area contributed by atoms with E-state index in [1.807, 2.05) is 30.3 Å². The molecule has 3 rings (SSSR count). The van der Waals surface area contributed by atoms with Gasteiger partial charge in [0.1, 0.15) is 0 Å². The van der Waals surface area contributed by atoms with Crippen molar-refractivity contribution >= 4 is 17.5 Å². The van der Waals surface area contributed by atoms with Crippen LogP contribution in [0, 0.1) is 0 Å². The highest BCUT2D eigenvalue weighted by Crippen LogP contribution is 2.37. The molecule has 21 heavy (non-hydrogen) atoms. The highest BCUT2D eigenvalue weighted by molar-refractivity contribution is 5.93. The first-order chi connectivity index (χ1) is 10.1. The molecule has 0 fully saturated rings. The first-order valence-corrected chi connectivity index (χ1v) is 6.93. The van der Waals surface area contributed by atoms with E-state index in [4.69, 9.17) is 5.73 Å². The van der Waals surface area contributed by atoms with Crippen molar-refractivity contribution in [2.75, 3.05) is 5.32 Å². The van der Waals surface area contributed by atoms with Crippen LogP contribution >= 0.6 is 0 Å². The average molecular weight is 280 g/mol. The molecule has 0 saturated heterocycles. The Kier molecular flexibility index (Phi) is 3.44. The van der Waals surface area contributed by atoms with Gasteiger partial charge in [0.05, 0.1) is 0 Å². The number of hydrogen-bond acceptors (Lipinski definition) is 2. The second kappa shape index (κ2) is 5.40. The number of benzene rings is 2. The highest BCUT2D eigenvalue weighted by atomic mass is 16.2. The van der Waals surface area contributed by atoms with E-state index in [-0.39, 0.29) is 18.7 Å². The number of amides is 2. The summed E-state index contributed by atoms with van der Waals surface area (Å²) in [6.45, 7) is 0. The summed E-state index contributed by atoms with van der Waals surface area (Å²) in [6.07, 6.45) is 1.07. The Hall–Kier alpha value is -2.62. The van der Waals surface area contributed by atoms with E-state index in [9.17, 15) is 9.59 Å².